The van der Waals surface area contributed by atoms with Crippen LogP contribution in [0, 0.1) is 11.3 Å². The van der Waals surface area contributed by atoms with Crippen molar-refractivity contribution in [1.29, 1.82) is 5.26 Å². The molecule has 1 aromatic heterocycles. The molecule has 0 fully saturated rings. The smallest absolute Gasteiger partial charge is 0.410 e. The summed E-state index contributed by atoms with van der Waals surface area (Å²) in [5.74, 6) is 0. The summed E-state index contributed by atoms with van der Waals surface area (Å²) < 4.78 is 11.1. The number of benzene rings is 1. The summed E-state index contributed by atoms with van der Waals surface area (Å²) in [6.07, 6.45) is 4.23. The molecule has 124 valence electrons. The largest absolute Gasteiger partial charge is 0.462 e. The van der Waals surface area contributed by atoms with Gasteiger partial charge < -0.3 is 14.1 Å². The maximum absolute atomic E-state index is 12.3. The van der Waals surface area contributed by atoms with Crippen LogP contribution < -0.4 is 0 Å². The standard InChI is InChI=1S/C19H20N2O3/c1-19(2,3)24-18(22)21-9-5-7-14(11-21)16-12-23-17-13(10-20)6-4-8-15(16)17/h4,6-8,12H,5,9,11H2,1-3H3. The zero-order chi connectivity index (χ0) is 17.3. The van der Waals surface area contributed by atoms with Crippen molar-refractivity contribution in [2.75, 3.05) is 13.1 Å². The van der Waals surface area contributed by atoms with E-state index in [0.717, 1.165) is 22.9 Å². The van der Waals surface area contributed by atoms with E-state index in [1.807, 2.05) is 32.9 Å². The van der Waals surface area contributed by atoms with E-state index in [2.05, 4.69) is 12.1 Å². The summed E-state index contributed by atoms with van der Waals surface area (Å²) in [5.41, 5.74) is 2.53. The minimum atomic E-state index is -0.511. The van der Waals surface area contributed by atoms with Crippen molar-refractivity contribution in [3.05, 3.63) is 41.7 Å². The fraction of sp³-hybridized carbons (Fsp3) is 0.368. The lowest BCUT2D eigenvalue weighted by molar-refractivity contribution is 0.0273. The summed E-state index contributed by atoms with van der Waals surface area (Å²) in [4.78, 5) is 14.0. The van der Waals surface area contributed by atoms with Crippen LogP contribution in [0.3, 0.4) is 0 Å². The average Bonchev–Trinajstić information content (AvgIpc) is 2.97. The van der Waals surface area contributed by atoms with Crippen LogP contribution >= 0.6 is 0 Å². The molecule has 1 aliphatic rings. The Hall–Kier alpha value is -2.74. The Morgan fingerprint density at radius 1 is 1.38 bits per heavy atom. The Morgan fingerprint density at radius 3 is 2.88 bits per heavy atom. The summed E-state index contributed by atoms with van der Waals surface area (Å²) in [6.45, 7) is 6.69. The van der Waals surface area contributed by atoms with Crippen molar-refractivity contribution in [2.24, 2.45) is 0 Å². The molecule has 3 rings (SSSR count). The second kappa shape index (κ2) is 6.04. The molecule has 1 aromatic carbocycles. The topological polar surface area (TPSA) is 66.5 Å². The van der Waals surface area contributed by atoms with Gasteiger partial charge in [0.1, 0.15) is 11.7 Å². The number of carbonyl (C=O) groups is 1. The predicted molar refractivity (Wildman–Crippen MR) is 91.3 cm³/mol. The summed E-state index contributed by atoms with van der Waals surface area (Å²) >= 11 is 0. The first-order valence-electron chi connectivity index (χ1n) is 7.97. The van der Waals surface area contributed by atoms with Crippen molar-refractivity contribution in [3.8, 4) is 6.07 Å². The summed E-state index contributed by atoms with van der Waals surface area (Å²) in [6, 6.07) is 7.65. The highest BCUT2D eigenvalue weighted by Gasteiger charge is 2.26. The van der Waals surface area contributed by atoms with Gasteiger partial charge in [-0.2, -0.15) is 5.26 Å². The lowest BCUT2D eigenvalue weighted by Gasteiger charge is -2.30. The Kier molecular flexibility index (Phi) is 4.06. The normalized spacial score (nSPS) is 15.1. The molecule has 0 aliphatic carbocycles. The number of hydrogen-bond donors (Lipinski definition) is 0. The lowest BCUT2D eigenvalue weighted by atomic mass is 10.00. The van der Waals surface area contributed by atoms with Crippen LogP contribution in [0.1, 0.15) is 38.3 Å². The molecule has 1 aliphatic heterocycles. The van der Waals surface area contributed by atoms with Crippen molar-refractivity contribution in [1.82, 2.24) is 4.90 Å². The number of carbonyl (C=O) groups excluding carboxylic acids is 1. The molecule has 5 nitrogen and oxygen atoms in total. The highest BCUT2D eigenvalue weighted by molar-refractivity contribution is 5.94. The number of amides is 1. The molecule has 0 N–H and O–H groups in total. The monoisotopic (exact) mass is 324 g/mol. The van der Waals surface area contributed by atoms with Gasteiger partial charge in [-0.1, -0.05) is 18.2 Å². The summed E-state index contributed by atoms with van der Waals surface area (Å²) in [7, 11) is 0. The van der Waals surface area contributed by atoms with Crippen LogP contribution in [-0.2, 0) is 4.74 Å². The van der Waals surface area contributed by atoms with Gasteiger partial charge in [-0.15, -0.1) is 0 Å². The minimum absolute atomic E-state index is 0.307. The van der Waals surface area contributed by atoms with Gasteiger partial charge in [-0.3, -0.25) is 0 Å². The highest BCUT2D eigenvalue weighted by Crippen LogP contribution is 2.31. The van der Waals surface area contributed by atoms with Crippen molar-refractivity contribution in [2.45, 2.75) is 32.8 Å². The van der Waals surface area contributed by atoms with E-state index in [4.69, 9.17) is 9.15 Å². The minimum Gasteiger partial charge on any atom is -0.462 e. The number of para-hydroxylation sites is 1. The number of fused-ring (bicyclic) bond motifs is 1. The number of nitriles is 1. The van der Waals surface area contributed by atoms with Crippen LogP contribution in [0.25, 0.3) is 16.5 Å². The molecule has 0 radical (unpaired) electrons. The molecule has 2 heterocycles. The fourth-order valence-corrected chi connectivity index (χ4v) is 2.82. The first kappa shape index (κ1) is 16.1. The van der Waals surface area contributed by atoms with Gasteiger partial charge in [0.25, 0.3) is 0 Å². The molecule has 2 aromatic rings. The first-order chi connectivity index (χ1) is 11.4. The molecule has 24 heavy (non-hydrogen) atoms. The second-order valence-electron chi connectivity index (χ2n) is 6.86. The first-order valence-corrected chi connectivity index (χ1v) is 7.97. The van der Waals surface area contributed by atoms with E-state index in [0.29, 0.717) is 24.2 Å². The number of nitrogens with zero attached hydrogens (tertiary/aromatic N) is 2. The Balaban J connectivity index is 1.87. The number of rotatable bonds is 1. The molecule has 0 saturated carbocycles. The second-order valence-corrected chi connectivity index (χ2v) is 6.86. The zero-order valence-corrected chi connectivity index (χ0v) is 14.1. The van der Waals surface area contributed by atoms with Gasteiger partial charge in [0.15, 0.2) is 5.58 Å². The third-order valence-electron chi connectivity index (χ3n) is 3.87. The molecular weight excluding hydrogens is 304 g/mol. The van der Waals surface area contributed by atoms with Crippen molar-refractivity contribution >= 4 is 22.6 Å². The van der Waals surface area contributed by atoms with E-state index in [1.165, 1.54) is 0 Å². The van der Waals surface area contributed by atoms with Crippen LogP contribution in [-0.4, -0.2) is 29.7 Å². The predicted octanol–water partition coefficient (Wildman–Crippen LogP) is 4.33. The molecule has 0 atom stereocenters. The lowest BCUT2D eigenvalue weighted by Crippen LogP contribution is -2.39. The Bertz CT molecular complexity index is 850. The Labute approximate surface area is 141 Å². The molecular formula is C19H20N2O3. The number of hydrogen-bond acceptors (Lipinski definition) is 4. The van der Waals surface area contributed by atoms with E-state index < -0.39 is 5.60 Å². The van der Waals surface area contributed by atoms with Crippen LogP contribution in [0.4, 0.5) is 4.79 Å². The maximum atomic E-state index is 12.3. The van der Waals surface area contributed by atoms with Gasteiger partial charge in [-0.05, 0) is 38.8 Å². The third kappa shape index (κ3) is 3.13. The average molecular weight is 324 g/mol. The van der Waals surface area contributed by atoms with Crippen LogP contribution in [0.2, 0.25) is 0 Å². The van der Waals surface area contributed by atoms with E-state index in [1.54, 1.807) is 17.2 Å². The number of furan rings is 1. The molecule has 0 unspecified atom stereocenters. The van der Waals surface area contributed by atoms with Gasteiger partial charge >= 0.3 is 6.09 Å². The zero-order valence-electron chi connectivity index (χ0n) is 14.1. The van der Waals surface area contributed by atoms with Gasteiger partial charge in [0, 0.05) is 24.0 Å². The van der Waals surface area contributed by atoms with Crippen molar-refractivity contribution < 1.29 is 13.9 Å². The van der Waals surface area contributed by atoms with Gasteiger partial charge in [0.2, 0.25) is 0 Å². The van der Waals surface area contributed by atoms with Gasteiger partial charge in [-0.25, -0.2) is 4.79 Å². The molecule has 5 heteroatoms. The van der Waals surface area contributed by atoms with E-state index in [9.17, 15) is 10.1 Å². The quantitative estimate of drug-likeness (QED) is 0.783. The van der Waals surface area contributed by atoms with Gasteiger partial charge in [0.05, 0.1) is 11.8 Å². The van der Waals surface area contributed by atoms with E-state index in [-0.39, 0.29) is 6.09 Å². The van der Waals surface area contributed by atoms with Crippen LogP contribution in [0.15, 0.2) is 35.0 Å². The Morgan fingerprint density at radius 2 is 2.17 bits per heavy atom. The highest BCUT2D eigenvalue weighted by atomic mass is 16.6. The SMILES string of the molecule is CC(C)(C)OC(=O)N1CCC=C(c2coc3c(C#N)cccc23)C1. The van der Waals surface area contributed by atoms with E-state index >= 15 is 0 Å². The molecule has 0 spiro atoms. The summed E-state index contributed by atoms with van der Waals surface area (Å²) in [5, 5.41) is 10.1. The fourth-order valence-electron chi connectivity index (χ4n) is 2.82. The number of ether oxygens (including phenoxy) is 1. The van der Waals surface area contributed by atoms with Crippen molar-refractivity contribution in [3.63, 3.8) is 0 Å². The maximum Gasteiger partial charge on any atom is 0.410 e. The molecule has 0 saturated heterocycles. The molecule has 1 amide bonds. The third-order valence-corrected chi connectivity index (χ3v) is 3.87. The molecule has 0 bridgehead atoms. The van der Waals surface area contributed by atoms with Crippen LogP contribution in [0.5, 0.6) is 0 Å².